The molecule has 5 heterocycles. The van der Waals surface area contributed by atoms with Crippen LogP contribution < -0.4 is 5.32 Å². The molecule has 1 saturated carbocycles. The minimum absolute atomic E-state index is 0.00268. The Kier molecular flexibility index (Phi) is 5.89. The van der Waals surface area contributed by atoms with Crippen LogP contribution in [0.3, 0.4) is 0 Å². The highest BCUT2D eigenvalue weighted by Crippen LogP contribution is 2.34. The zero-order chi connectivity index (χ0) is 26.3. The van der Waals surface area contributed by atoms with Crippen LogP contribution in [0.2, 0.25) is 0 Å². The van der Waals surface area contributed by atoms with Gasteiger partial charge in [-0.15, -0.1) is 0 Å². The predicted octanol–water partition coefficient (Wildman–Crippen LogP) is 6.95. The van der Waals surface area contributed by atoms with E-state index in [2.05, 4.69) is 30.5 Å². The number of nitrogens with zero attached hydrogens (tertiary/aromatic N) is 4. The Balaban J connectivity index is 1.25. The van der Waals surface area contributed by atoms with E-state index in [0.717, 1.165) is 48.0 Å². The van der Waals surface area contributed by atoms with Crippen molar-refractivity contribution in [1.29, 1.82) is 0 Å². The maximum absolute atomic E-state index is 15.3. The smallest absolute Gasteiger partial charge is 0.227 e. The third kappa shape index (κ3) is 4.36. The minimum atomic E-state index is -0.413. The van der Waals surface area contributed by atoms with Gasteiger partial charge in [0.25, 0.3) is 0 Å². The van der Waals surface area contributed by atoms with Crippen molar-refractivity contribution in [3.05, 3.63) is 65.5 Å². The molecule has 0 atom stereocenters. The van der Waals surface area contributed by atoms with Crippen LogP contribution in [0.15, 0.2) is 59.7 Å². The number of benzene rings is 1. The molecule has 1 amide bonds. The summed E-state index contributed by atoms with van der Waals surface area (Å²) in [4.78, 5) is 29.8. The number of hydrogen-bond donors (Lipinski definition) is 3. The van der Waals surface area contributed by atoms with Gasteiger partial charge in [0.05, 0.1) is 28.6 Å². The Morgan fingerprint density at radius 3 is 2.77 bits per heavy atom. The normalized spacial score (nSPS) is 14.3. The monoisotopic (exact) mass is 537 g/mol. The molecule has 0 unspecified atom stereocenters. The summed E-state index contributed by atoms with van der Waals surface area (Å²) < 4.78 is 15.3. The second kappa shape index (κ2) is 9.70. The zero-order valence-electron chi connectivity index (χ0n) is 20.9. The standard InChI is InChI=1S/C29H24FN7OS/c30-22-12-24-21(11-20(22)18-10-19(14-31-13-18)33-29(38)16-4-2-1-3-5-16)26(37-36-24)28-34-23-6-8-32-25(27(23)35-28)17-7-9-39-15-17/h6-16H,1-5H2,(H,33,38)(H,34,35)(H,36,37). The molecule has 1 aliphatic carbocycles. The highest BCUT2D eigenvalue weighted by atomic mass is 32.1. The van der Waals surface area contributed by atoms with Crippen LogP contribution in [0.5, 0.6) is 0 Å². The summed E-state index contributed by atoms with van der Waals surface area (Å²) in [6, 6.07) is 8.82. The molecule has 3 N–H and O–H groups in total. The van der Waals surface area contributed by atoms with Crippen LogP contribution in [0.4, 0.5) is 10.1 Å². The molecule has 0 radical (unpaired) electrons. The molecule has 0 saturated heterocycles. The minimum Gasteiger partial charge on any atom is -0.336 e. The molecule has 8 nitrogen and oxygen atoms in total. The van der Waals surface area contributed by atoms with Crippen LogP contribution in [-0.2, 0) is 4.79 Å². The summed E-state index contributed by atoms with van der Waals surface area (Å²) in [6.07, 6.45) is 10.1. The Bertz CT molecular complexity index is 1820. The van der Waals surface area contributed by atoms with Gasteiger partial charge in [-0.25, -0.2) is 9.37 Å². The van der Waals surface area contributed by atoms with Crippen LogP contribution in [0.25, 0.3) is 55.8 Å². The van der Waals surface area contributed by atoms with Gasteiger partial charge in [0, 0.05) is 51.8 Å². The van der Waals surface area contributed by atoms with Crippen molar-refractivity contribution in [2.75, 3.05) is 5.32 Å². The number of nitrogens with one attached hydrogen (secondary N) is 3. The lowest BCUT2D eigenvalue weighted by Crippen LogP contribution is -2.24. The molecule has 0 spiro atoms. The number of pyridine rings is 2. The quantitative estimate of drug-likeness (QED) is 0.220. The summed E-state index contributed by atoms with van der Waals surface area (Å²) >= 11 is 1.60. The SMILES string of the molecule is O=C(Nc1cncc(-c2cc3c(-c4nc5c(-c6ccsc6)nccc5[nH]4)n[nH]c3cc2F)c1)C1CCCCC1. The number of thiophene rings is 1. The second-order valence-corrected chi connectivity index (χ2v) is 10.7. The Morgan fingerprint density at radius 2 is 1.92 bits per heavy atom. The van der Waals surface area contributed by atoms with Gasteiger partial charge in [-0.3, -0.25) is 19.9 Å². The first-order chi connectivity index (χ1) is 19.1. The Hall–Kier alpha value is -4.44. The number of imidazole rings is 1. The maximum atomic E-state index is 15.3. The average Bonchev–Trinajstić information content (AvgIpc) is 3.72. The number of rotatable bonds is 5. The summed E-state index contributed by atoms with van der Waals surface area (Å²) in [5.41, 5.74) is 6.00. The molecule has 39 heavy (non-hydrogen) atoms. The lowest BCUT2D eigenvalue weighted by Gasteiger charge is -2.20. The topological polar surface area (TPSA) is 112 Å². The van der Waals surface area contributed by atoms with Crippen LogP contribution >= 0.6 is 11.3 Å². The van der Waals surface area contributed by atoms with Crippen LogP contribution in [0, 0.1) is 11.7 Å². The lowest BCUT2D eigenvalue weighted by atomic mass is 9.88. The van der Waals surface area contributed by atoms with Crippen molar-refractivity contribution in [3.8, 4) is 33.9 Å². The number of halogens is 1. The number of aromatic nitrogens is 6. The molecule has 0 bridgehead atoms. The fraction of sp³-hybridized carbons (Fsp3) is 0.207. The maximum Gasteiger partial charge on any atom is 0.227 e. The molecule has 10 heteroatoms. The van der Waals surface area contributed by atoms with Gasteiger partial charge in [-0.05, 0) is 42.5 Å². The Morgan fingerprint density at radius 1 is 1.03 bits per heavy atom. The molecule has 0 aliphatic heterocycles. The first-order valence-corrected chi connectivity index (χ1v) is 13.9. The van der Waals surface area contributed by atoms with Crippen molar-refractivity contribution in [1.82, 2.24) is 30.1 Å². The number of anilines is 1. The fourth-order valence-corrected chi connectivity index (χ4v) is 6.00. The molecule has 6 aromatic rings. The summed E-state index contributed by atoms with van der Waals surface area (Å²) in [7, 11) is 0. The number of H-pyrrole nitrogens is 2. The summed E-state index contributed by atoms with van der Waals surface area (Å²) in [5, 5.41) is 15.1. The molecular weight excluding hydrogens is 513 g/mol. The third-order valence-electron chi connectivity index (χ3n) is 7.36. The van der Waals surface area contributed by atoms with E-state index in [9.17, 15) is 4.79 Å². The van der Waals surface area contributed by atoms with Crippen molar-refractivity contribution in [2.24, 2.45) is 5.92 Å². The van der Waals surface area contributed by atoms with E-state index < -0.39 is 5.82 Å². The lowest BCUT2D eigenvalue weighted by molar-refractivity contribution is -0.120. The van der Waals surface area contributed by atoms with E-state index in [1.165, 1.54) is 12.5 Å². The molecule has 1 aliphatic rings. The largest absolute Gasteiger partial charge is 0.336 e. The molecular formula is C29H24FN7OS. The van der Waals surface area contributed by atoms with Gasteiger partial charge in [0.1, 0.15) is 17.0 Å². The van der Waals surface area contributed by atoms with Gasteiger partial charge in [-0.2, -0.15) is 16.4 Å². The van der Waals surface area contributed by atoms with Gasteiger partial charge in [0.15, 0.2) is 5.82 Å². The highest BCUT2D eigenvalue weighted by molar-refractivity contribution is 7.08. The van der Waals surface area contributed by atoms with Gasteiger partial charge >= 0.3 is 0 Å². The zero-order valence-corrected chi connectivity index (χ0v) is 21.7. The molecule has 1 aromatic carbocycles. The first-order valence-electron chi connectivity index (χ1n) is 13.0. The molecule has 7 rings (SSSR count). The summed E-state index contributed by atoms with van der Waals surface area (Å²) in [6.45, 7) is 0. The van der Waals surface area contributed by atoms with E-state index in [4.69, 9.17) is 4.98 Å². The average molecular weight is 538 g/mol. The van der Waals surface area contributed by atoms with E-state index in [-0.39, 0.29) is 11.8 Å². The van der Waals surface area contributed by atoms with Crippen molar-refractivity contribution in [2.45, 2.75) is 32.1 Å². The van der Waals surface area contributed by atoms with Gasteiger partial charge in [0.2, 0.25) is 5.91 Å². The van der Waals surface area contributed by atoms with Gasteiger partial charge in [-0.1, -0.05) is 19.3 Å². The Labute approximate surface area is 226 Å². The van der Waals surface area contributed by atoms with E-state index in [0.29, 0.717) is 39.2 Å². The third-order valence-corrected chi connectivity index (χ3v) is 8.05. The second-order valence-electron chi connectivity index (χ2n) is 9.89. The van der Waals surface area contributed by atoms with Crippen molar-refractivity contribution < 1.29 is 9.18 Å². The van der Waals surface area contributed by atoms with Crippen molar-refractivity contribution in [3.63, 3.8) is 0 Å². The molecule has 1 fully saturated rings. The highest BCUT2D eigenvalue weighted by Gasteiger charge is 2.22. The predicted molar refractivity (Wildman–Crippen MR) is 151 cm³/mol. The van der Waals surface area contributed by atoms with Crippen molar-refractivity contribution >= 4 is 44.9 Å². The van der Waals surface area contributed by atoms with E-state index in [1.807, 2.05) is 22.9 Å². The summed E-state index contributed by atoms with van der Waals surface area (Å²) in [5.74, 6) is 0.167. The van der Waals surface area contributed by atoms with Crippen LogP contribution in [0.1, 0.15) is 32.1 Å². The number of amides is 1. The number of aromatic amines is 2. The van der Waals surface area contributed by atoms with Gasteiger partial charge < -0.3 is 10.3 Å². The number of carbonyl (C=O) groups excluding carboxylic acids is 1. The fourth-order valence-electron chi connectivity index (χ4n) is 5.36. The van der Waals surface area contributed by atoms with E-state index in [1.54, 1.807) is 42.1 Å². The number of hydrogen-bond acceptors (Lipinski definition) is 6. The number of fused-ring (bicyclic) bond motifs is 2. The molecule has 194 valence electrons. The first kappa shape index (κ1) is 23.7. The van der Waals surface area contributed by atoms with Crippen LogP contribution in [-0.4, -0.2) is 36.0 Å². The number of carbonyl (C=O) groups is 1. The molecule has 5 aromatic heterocycles. The van der Waals surface area contributed by atoms with E-state index >= 15 is 4.39 Å².